The van der Waals surface area contributed by atoms with Crippen LogP contribution in [0.2, 0.25) is 0 Å². The Labute approximate surface area is 134 Å². The highest BCUT2D eigenvalue weighted by molar-refractivity contribution is 5.98. The van der Waals surface area contributed by atoms with E-state index in [9.17, 15) is 19.7 Å². The minimum atomic E-state index is -1.29. The molecule has 1 aliphatic heterocycles. The van der Waals surface area contributed by atoms with Crippen molar-refractivity contribution < 1.29 is 19.6 Å². The number of likely N-dealkylation sites (tertiary alicyclic amines) is 1. The lowest BCUT2D eigenvalue weighted by Crippen LogP contribution is -2.32. The molecule has 1 aromatic carbocycles. The fraction of sp³-hybridized carbons (Fsp3) is 0.500. The van der Waals surface area contributed by atoms with Crippen LogP contribution in [0.15, 0.2) is 18.2 Å². The van der Waals surface area contributed by atoms with Gasteiger partial charge in [0.25, 0.3) is 11.6 Å². The van der Waals surface area contributed by atoms with Gasteiger partial charge in [-0.15, -0.1) is 0 Å². The maximum Gasteiger partial charge on any atom is 0.335 e. The monoisotopic (exact) mass is 320 g/mol. The molecule has 1 N–H and O–H groups in total. The van der Waals surface area contributed by atoms with Gasteiger partial charge in [-0.1, -0.05) is 13.3 Å². The van der Waals surface area contributed by atoms with Crippen LogP contribution in [0.5, 0.6) is 0 Å². The zero-order valence-electron chi connectivity index (χ0n) is 13.0. The second kappa shape index (κ2) is 7.21. The van der Waals surface area contributed by atoms with Crippen molar-refractivity contribution >= 4 is 17.6 Å². The first-order valence-electron chi connectivity index (χ1n) is 7.74. The second-order valence-corrected chi connectivity index (χ2v) is 5.83. The number of amides is 1. The van der Waals surface area contributed by atoms with Gasteiger partial charge in [0.05, 0.1) is 10.5 Å². The maximum atomic E-state index is 12.6. The minimum absolute atomic E-state index is 0.0616. The minimum Gasteiger partial charge on any atom is -0.478 e. The lowest BCUT2D eigenvalue weighted by atomic mass is 9.98. The second-order valence-electron chi connectivity index (χ2n) is 5.83. The van der Waals surface area contributed by atoms with E-state index >= 15 is 0 Å². The Morgan fingerprint density at radius 2 is 1.96 bits per heavy atom. The van der Waals surface area contributed by atoms with Gasteiger partial charge in [-0.2, -0.15) is 0 Å². The Hall–Kier alpha value is -2.44. The third-order valence-electron chi connectivity index (χ3n) is 4.33. The van der Waals surface area contributed by atoms with Crippen LogP contribution in [0.3, 0.4) is 0 Å². The first kappa shape index (κ1) is 16.9. The van der Waals surface area contributed by atoms with Crippen LogP contribution in [-0.4, -0.2) is 39.9 Å². The van der Waals surface area contributed by atoms with Gasteiger partial charge in [0.15, 0.2) is 0 Å². The van der Waals surface area contributed by atoms with Gasteiger partial charge in [-0.25, -0.2) is 4.79 Å². The van der Waals surface area contributed by atoms with Crippen molar-refractivity contribution in [2.45, 2.75) is 32.6 Å². The van der Waals surface area contributed by atoms with E-state index in [2.05, 4.69) is 6.92 Å². The number of non-ortho nitro benzene ring substituents is 1. The highest BCUT2D eigenvalue weighted by atomic mass is 16.6. The first-order chi connectivity index (χ1) is 10.9. The van der Waals surface area contributed by atoms with Gasteiger partial charge in [-0.3, -0.25) is 14.9 Å². The smallest absolute Gasteiger partial charge is 0.335 e. The summed E-state index contributed by atoms with van der Waals surface area (Å²) in [4.78, 5) is 35.7. The van der Waals surface area contributed by atoms with Crippen LogP contribution in [0, 0.1) is 16.0 Å². The van der Waals surface area contributed by atoms with Gasteiger partial charge >= 0.3 is 5.97 Å². The number of nitro groups is 1. The average molecular weight is 320 g/mol. The van der Waals surface area contributed by atoms with Crippen LogP contribution in [0.25, 0.3) is 0 Å². The maximum absolute atomic E-state index is 12.6. The molecule has 1 amide bonds. The van der Waals surface area contributed by atoms with Crippen molar-refractivity contribution in [3.05, 3.63) is 39.4 Å². The van der Waals surface area contributed by atoms with Crippen molar-refractivity contribution in [1.82, 2.24) is 4.90 Å². The molecular weight excluding hydrogens is 300 g/mol. The van der Waals surface area contributed by atoms with Crippen LogP contribution >= 0.6 is 0 Å². The lowest BCUT2D eigenvalue weighted by Gasteiger charge is -2.20. The van der Waals surface area contributed by atoms with E-state index in [-0.39, 0.29) is 22.7 Å². The van der Waals surface area contributed by atoms with Gasteiger partial charge < -0.3 is 10.0 Å². The first-order valence-corrected chi connectivity index (χ1v) is 7.74. The number of carboxylic acid groups (broad SMARTS) is 1. The fourth-order valence-corrected chi connectivity index (χ4v) is 2.92. The Balaban J connectivity index is 2.27. The van der Waals surface area contributed by atoms with Crippen LogP contribution in [0.1, 0.15) is 53.3 Å². The number of carbonyl (C=O) groups excluding carboxylic acids is 1. The predicted molar refractivity (Wildman–Crippen MR) is 83.6 cm³/mol. The van der Waals surface area contributed by atoms with E-state index in [0.717, 1.165) is 37.8 Å². The summed E-state index contributed by atoms with van der Waals surface area (Å²) in [7, 11) is 0. The largest absolute Gasteiger partial charge is 0.478 e. The summed E-state index contributed by atoms with van der Waals surface area (Å²) < 4.78 is 0. The van der Waals surface area contributed by atoms with Gasteiger partial charge in [0.2, 0.25) is 0 Å². The summed E-state index contributed by atoms with van der Waals surface area (Å²) in [6.45, 7) is 3.32. The summed E-state index contributed by atoms with van der Waals surface area (Å²) in [5.41, 5.74) is -0.565. The highest BCUT2D eigenvalue weighted by Crippen LogP contribution is 2.23. The molecule has 1 aliphatic rings. The number of hydrogen-bond acceptors (Lipinski definition) is 4. The summed E-state index contributed by atoms with van der Waals surface area (Å²) in [6, 6.07) is 3.32. The number of nitro benzene ring substituents is 1. The van der Waals surface area contributed by atoms with E-state index in [1.165, 1.54) is 6.07 Å². The molecule has 0 saturated carbocycles. The van der Waals surface area contributed by atoms with E-state index in [1.807, 2.05) is 0 Å². The summed E-state index contributed by atoms with van der Waals surface area (Å²) in [6.07, 6.45) is 3.94. The van der Waals surface area contributed by atoms with Crippen LogP contribution in [-0.2, 0) is 0 Å². The molecule has 1 heterocycles. The standard InChI is InChI=1S/C16H20N2O5/c1-2-11-4-3-6-17(7-5-11)15(19)12-8-13(16(20)21)10-14(9-12)18(22)23/h8-11H,2-7H2,1H3,(H,20,21). The normalized spacial score (nSPS) is 18.3. The fourth-order valence-electron chi connectivity index (χ4n) is 2.92. The van der Waals surface area contributed by atoms with E-state index < -0.39 is 10.9 Å². The predicted octanol–water partition coefficient (Wildman–Crippen LogP) is 2.95. The molecule has 1 atom stereocenters. The molecule has 23 heavy (non-hydrogen) atoms. The summed E-state index contributed by atoms with van der Waals surface area (Å²) in [5.74, 6) is -1.04. The molecule has 1 fully saturated rings. The molecule has 1 unspecified atom stereocenters. The van der Waals surface area contributed by atoms with Gasteiger partial charge in [-0.05, 0) is 31.2 Å². The third kappa shape index (κ3) is 4.06. The van der Waals surface area contributed by atoms with Gasteiger partial charge in [0, 0.05) is 30.8 Å². The van der Waals surface area contributed by atoms with Crippen molar-refractivity contribution in [3.8, 4) is 0 Å². The number of carboxylic acids is 1. The summed E-state index contributed by atoms with van der Waals surface area (Å²) >= 11 is 0. The Morgan fingerprint density at radius 3 is 2.57 bits per heavy atom. The Bertz CT molecular complexity index is 597. The molecule has 7 heteroatoms. The Kier molecular flexibility index (Phi) is 5.31. The number of nitrogens with zero attached hydrogens (tertiary/aromatic N) is 2. The van der Waals surface area contributed by atoms with E-state index in [0.29, 0.717) is 19.0 Å². The average Bonchev–Trinajstić information content (AvgIpc) is 2.79. The number of benzene rings is 1. The molecular formula is C16H20N2O5. The number of hydrogen-bond donors (Lipinski definition) is 1. The van der Waals surface area contributed by atoms with Crippen LogP contribution in [0.4, 0.5) is 5.69 Å². The Morgan fingerprint density at radius 1 is 1.26 bits per heavy atom. The topological polar surface area (TPSA) is 101 Å². The molecule has 0 bridgehead atoms. The zero-order chi connectivity index (χ0) is 17.0. The molecule has 0 spiro atoms. The van der Waals surface area contributed by atoms with Crippen molar-refractivity contribution in [2.24, 2.45) is 5.92 Å². The number of rotatable bonds is 4. The molecule has 124 valence electrons. The number of aromatic carboxylic acids is 1. The van der Waals surface area contributed by atoms with Crippen molar-refractivity contribution in [1.29, 1.82) is 0 Å². The lowest BCUT2D eigenvalue weighted by molar-refractivity contribution is -0.384. The molecule has 7 nitrogen and oxygen atoms in total. The molecule has 0 aliphatic carbocycles. The zero-order valence-corrected chi connectivity index (χ0v) is 13.0. The molecule has 1 aromatic rings. The quantitative estimate of drug-likeness (QED) is 0.679. The van der Waals surface area contributed by atoms with E-state index in [4.69, 9.17) is 5.11 Å². The van der Waals surface area contributed by atoms with Crippen LogP contribution < -0.4 is 0 Å². The highest BCUT2D eigenvalue weighted by Gasteiger charge is 2.24. The summed E-state index contributed by atoms with van der Waals surface area (Å²) in [5, 5.41) is 20.0. The van der Waals surface area contributed by atoms with Gasteiger partial charge in [0.1, 0.15) is 0 Å². The van der Waals surface area contributed by atoms with Crippen molar-refractivity contribution in [3.63, 3.8) is 0 Å². The SMILES string of the molecule is CCC1CCCN(C(=O)c2cc(C(=O)O)cc([N+](=O)[O-])c2)CC1. The molecule has 1 saturated heterocycles. The molecule has 0 aromatic heterocycles. The van der Waals surface area contributed by atoms with E-state index in [1.54, 1.807) is 4.90 Å². The number of carbonyl (C=O) groups is 2. The third-order valence-corrected chi connectivity index (χ3v) is 4.33. The molecule has 2 rings (SSSR count). The van der Waals surface area contributed by atoms with Crippen molar-refractivity contribution in [2.75, 3.05) is 13.1 Å². The molecule has 0 radical (unpaired) electrons.